The summed E-state index contributed by atoms with van der Waals surface area (Å²) in [6, 6.07) is 0. The first-order chi connectivity index (χ1) is 8.75. The summed E-state index contributed by atoms with van der Waals surface area (Å²) in [5, 5.41) is 2.94. The average molecular weight is 293 g/mol. The van der Waals surface area contributed by atoms with Gasteiger partial charge in [0, 0.05) is 18.3 Å². The predicted molar refractivity (Wildman–Crippen MR) is 80.9 cm³/mol. The number of nitrogens with zero attached hydrogens (tertiary/aromatic N) is 1. The van der Waals surface area contributed by atoms with Crippen LogP contribution in [0, 0.1) is 6.92 Å². The van der Waals surface area contributed by atoms with Crippen LogP contribution in [0.2, 0.25) is 0 Å². The molecule has 1 rings (SSSR count). The molecule has 1 aromatic heterocycles. The van der Waals surface area contributed by atoms with E-state index in [9.17, 15) is 0 Å². The third-order valence-corrected chi connectivity index (χ3v) is 3.14. The Morgan fingerprint density at radius 2 is 1.35 bits per heavy atom. The topological polar surface area (TPSA) is 40.6 Å². The minimum absolute atomic E-state index is 0. The molecule has 0 N–H and O–H groups in total. The van der Waals surface area contributed by atoms with E-state index in [4.69, 9.17) is 14.0 Å². The Morgan fingerprint density at radius 3 is 1.60 bits per heavy atom. The zero-order chi connectivity index (χ0) is 14.6. The van der Waals surface area contributed by atoms with E-state index in [1.165, 1.54) is 0 Å². The van der Waals surface area contributed by atoms with Crippen LogP contribution in [-0.4, -0.2) is 30.1 Å². The van der Waals surface area contributed by atoms with Gasteiger partial charge in [-0.15, -0.1) is 11.3 Å². The van der Waals surface area contributed by atoms with Gasteiger partial charge in [0.15, 0.2) is 0 Å². The number of rotatable bonds is 7. The van der Waals surface area contributed by atoms with Crippen LogP contribution in [0.15, 0.2) is 5.38 Å². The quantitative estimate of drug-likeness (QED) is 0.657. The molecule has 0 fully saturated rings. The van der Waals surface area contributed by atoms with Gasteiger partial charge >= 0.3 is 25.6 Å². The van der Waals surface area contributed by atoms with Gasteiger partial charge in [-0.3, -0.25) is 4.98 Å². The van der Waals surface area contributed by atoms with Crippen LogP contribution >= 0.6 is 11.3 Å². The van der Waals surface area contributed by atoms with E-state index >= 15 is 0 Å². The van der Waals surface area contributed by atoms with E-state index in [0.29, 0.717) is 0 Å². The minimum atomic E-state index is -1.99. The van der Waals surface area contributed by atoms with E-state index in [-0.39, 0.29) is 37.2 Å². The first kappa shape index (κ1) is 20.2. The van der Waals surface area contributed by atoms with Crippen molar-refractivity contribution in [3.8, 4) is 0 Å². The summed E-state index contributed by atoms with van der Waals surface area (Å²) in [4.78, 5) is 4.51. The summed E-state index contributed by atoms with van der Waals surface area (Å²) in [5.41, 5.74) is 0.749. The molecule has 4 nitrogen and oxygen atoms in total. The van der Waals surface area contributed by atoms with Gasteiger partial charge in [-0.1, -0.05) is 0 Å². The van der Waals surface area contributed by atoms with Crippen molar-refractivity contribution in [2.24, 2.45) is 0 Å². The minimum Gasteiger partial charge on any atom is -0.538 e. The fourth-order valence-electron chi connectivity index (χ4n) is 1.92. The third kappa shape index (κ3) is 5.89. The van der Waals surface area contributed by atoms with Crippen LogP contribution in [0.1, 0.15) is 46.6 Å². The number of hydrogen-bond acceptors (Lipinski definition) is 5. The van der Waals surface area contributed by atoms with Crippen LogP contribution in [-0.2, 0) is 14.0 Å². The van der Waals surface area contributed by atoms with Crippen LogP contribution in [0.25, 0.3) is 0 Å². The largest absolute Gasteiger partial charge is 1.00 e. The molecule has 0 spiro atoms. The molecule has 0 aliphatic rings. The number of aromatic nitrogens is 1. The van der Waals surface area contributed by atoms with Gasteiger partial charge in [0.1, 0.15) is 0 Å². The van der Waals surface area contributed by atoms with E-state index < -0.39 is 6.75 Å². The van der Waals surface area contributed by atoms with Crippen molar-refractivity contribution in [2.45, 2.75) is 66.8 Å². The number of hydrogen-bond donors (Lipinski definition) is 0. The molecule has 7 heteroatoms. The molecule has 0 saturated carbocycles. The second kappa shape index (κ2) is 8.58. The standard InChI is InChI=1S/C13H25BNO3S.Li/c1-9(2)16-14(17-10(3)4,18-11(5)6)13-8-19-12(7)15-13;/h8-11H,1-7H3;/q-1;+1. The Hall–Kier alpha value is 0.172. The Labute approximate surface area is 138 Å². The van der Waals surface area contributed by atoms with E-state index in [0.717, 1.165) is 10.6 Å². The van der Waals surface area contributed by atoms with Gasteiger partial charge in [0.2, 0.25) is 0 Å². The fourth-order valence-corrected chi connectivity index (χ4v) is 2.59. The van der Waals surface area contributed by atoms with Gasteiger partial charge in [0.25, 0.3) is 0 Å². The van der Waals surface area contributed by atoms with E-state index in [1.54, 1.807) is 11.3 Å². The number of aryl methyl sites for hydroxylation is 1. The van der Waals surface area contributed by atoms with Crippen LogP contribution in [0.5, 0.6) is 0 Å². The average Bonchev–Trinajstić information content (AvgIpc) is 2.61. The zero-order valence-corrected chi connectivity index (χ0v) is 14.8. The summed E-state index contributed by atoms with van der Waals surface area (Å²) < 4.78 is 18.1. The van der Waals surface area contributed by atoms with Crippen LogP contribution < -0.4 is 24.5 Å². The predicted octanol–water partition coefficient (Wildman–Crippen LogP) is -0.124. The van der Waals surface area contributed by atoms with Crippen molar-refractivity contribution >= 4 is 23.7 Å². The maximum absolute atomic E-state index is 6.02. The summed E-state index contributed by atoms with van der Waals surface area (Å²) in [6.45, 7) is 11.8. The molecule has 0 unspecified atom stereocenters. The molecule has 0 aromatic carbocycles. The number of thiazole rings is 1. The molecule has 0 atom stereocenters. The van der Waals surface area contributed by atoms with Gasteiger partial charge in [-0.25, -0.2) is 0 Å². The van der Waals surface area contributed by atoms with Crippen molar-refractivity contribution in [3.05, 3.63) is 10.4 Å². The second-order valence-corrected chi connectivity index (χ2v) is 6.55. The fraction of sp³-hybridized carbons (Fsp3) is 0.769. The molecule has 0 amide bonds. The summed E-state index contributed by atoms with van der Waals surface area (Å²) in [7, 11) is 0. The van der Waals surface area contributed by atoms with Crippen molar-refractivity contribution in [1.82, 2.24) is 4.98 Å². The molecule has 0 saturated heterocycles. The van der Waals surface area contributed by atoms with Crippen molar-refractivity contribution < 1.29 is 32.8 Å². The third-order valence-electron chi connectivity index (χ3n) is 2.35. The summed E-state index contributed by atoms with van der Waals surface area (Å²) >= 11 is 1.58. The molecule has 0 aliphatic carbocycles. The molecule has 0 radical (unpaired) electrons. The van der Waals surface area contributed by atoms with Crippen molar-refractivity contribution in [1.29, 1.82) is 0 Å². The first-order valence-corrected chi connectivity index (χ1v) is 7.72. The van der Waals surface area contributed by atoms with E-state index in [2.05, 4.69) is 4.98 Å². The summed E-state index contributed by atoms with van der Waals surface area (Å²) in [6.07, 6.45) is -0.00137. The molecule has 20 heavy (non-hydrogen) atoms. The molecule has 1 heterocycles. The van der Waals surface area contributed by atoms with Crippen molar-refractivity contribution in [2.75, 3.05) is 0 Å². The normalized spacial score (nSPS) is 12.3. The van der Waals surface area contributed by atoms with Gasteiger partial charge < -0.3 is 14.0 Å². The molecular formula is C13H25BLiNO3S. The van der Waals surface area contributed by atoms with Crippen molar-refractivity contribution in [3.63, 3.8) is 0 Å². The Balaban J connectivity index is 0.00000361. The Bertz CT molecular complexity index is 372. The van der Waals surface area contributed by atoms with Gasteiger partial charge in [0.05, 0.1) is 5.01 Å². The van der Waals surface area contributed by atoms with E-state index in [1.807, 2.05) is 53.8 Å². The molecule has 0 bridgehead atoms. The maximum Gasteiger partial charge on any atom is 1.00 e. The smallest absolute Gasteiger partial charge is 0.538 e. The zero-order valence-electron chi connectivity index (χ0n) is 14.0. The van der Waals surface area contributed by atoms with Crippen LogP contribution in [0.4, 0.5) is 0 Å². The molecule has 0 aliphatic heterocycles. The second-order valence-electron chi connectivity index (χ2n) is 5.49. The molecular weight excluding hydrogens is 268 g/mol. The SMILES string of the molecule is Cc1nc([B-](OC(C)C)(OC(C)C)OC(C)C)cs1.[Li+]. The van der Waals surface area contributed by atoms with Gasteiger partial charge in [-0.2, -0.15) is 0 Å². The maximum atomic E-state index is 6.02. The molecule has 110 valence electrons. The Morgan fingerprint density at radius 1 is 0.950 bits per heavy atom. The summed E-state index contributed by atoms with van der Waals surface area (Å²) in [5.74, 6) is 0. The van der Waals surface area contributed by atoms with Crippen LogP contribution in [0.3, 0.4) is 0 Å². The monoisotopic (exact) mass is 293 g/mol. The van der Waals surface area contributed by atoms with Gasteiger partial charge in [-0.05, 0) is 59.4 Å². The molecule has 1 aromatic rings. The Kier molecular flexibility index (Phi) is 8.65. The first-order valence-electron chi connectivity index (χ1n) is 6.84.